The van der Waals surface area contributed by atoms with Crippen LogP contribution in [0.4, 0.5) is 5.13 Å². The SMILES string of the molecule is CCN(CC)c1nc(-c2ccc(OC)c(C)c2)c(CC(=O)O)s1. The predicted octanol–water partition coefficient (Wildman–Crippen LogP) is 3.60. The van der Waals surface area contributed by atoms with Crippen LogP contribution >= 0.6 is 11.3 Å². The van der Waals surface area contributed by atoms with E-state index in [-0.39, 0.29) is 6.42 Å². The molecule has 2 aromatic rings. The molecule has 0 fully saturated rings. The quantitative estimate of drug-likeness (QED) is 0.838. The predicted molar refractivity (Wildman–Crippen MR) is 93.7 cm³/mol. The summed E-state index contributed by atoms with van der Waals surface area (Å²) >= 11 is 1.46. The summed E-state index contributed by atoms with van der Waals surface area (Å²) < 4.78 is 5.29. The minimum Gasteiger partial charge on any atom is -0.496 e. The van der Waals surface area contributed by atoms with Crippen molar-refractivity contribution in [3.05, 3.63) is 28.6 Å². The van der Waals surface area contributed by atoms with Crippen LogP contribution in [0.5, 0.6) is 5.75 Å². The second-order valence-electron chi connectivity index (χ2n) is 5.20. The Hall–Kier alpha value is -2.08. The van der Waals surface area contributed by atoms with E-state index < -0.39 is 5.97 Å². The Morgan fingerprint density at radius 1 is 1.35 bits per heavy atom. The van der Waals surface area contributed by atoms with Crippen LogP contribution in [0.3, 0.4) is 0 Å². The monoisotopic (exact) mass is 334 g/mol. The standard InChI is InChI=1S/C17H22N2O3S/c1-5-19(6-2)17-18-16(14(23-17)10-15(20)21)12-7-8-13(22-4)11(3)9-12/h7-9H,5-6,10H2,1-4H3,(H,20,21). The van der Waals surface area contributed by atoms with Gasteiger partial charge in [-0.25, -0.2) is 4.98 Å². The number of benzene rings is 1. The van der Waals surface area contributed by atoms with E-state index in [4.69, 9.17) is 9.72 Å². The van der Waals surface area contributed by atoms with Crippen LogP contribution in [0.25, 0.3) is 11.3 Å². The molecule has 0 bridgehead atoms. The topological polar surface area (TPSA) is 62.7 Å². The summed E-state index contributed by atoms with van der Waals surface area (Å²) in [6.45, 7) is 7.80. The minimum atomic E-state index is -0.841. The van der Waals surface area contributed by atoms with Gasteiger partial charge in [0.15, 0.2) is 5.13 Å². The summed E-state index contributed by atoms with van der Waals surface area (Å²) in [5.74, 6) is -0.0287. The van der Waals surface area contributed by atoms with Crippen molar-refractivity contribution in [2.45, 2.75) is 27.2 Å². The zero-order valence-electron chi connectivity index (χ0n) is 13.9. The minimum absolute atomic E-state index is 0.0145. The van der Waals surface area contributed by atoms with Crippen molar-refractivity contribution in [1.82, 2.24) is 4.98 Å². The molecule has 23 heavy (non-hydrogen) atoms. The fraction of sp³-hybridized carbons (Fsp3) is 0.412. The number of methoxy groups -OCH3 is 1. The Bertz CT molecular complexity index is 693. The third-order valence-electron chi connectivity index (χ3n) is 3.70. The molecule has 124 valence electrons. The molecule has 1 aromatic carbocycles. The van der Waals surface area contributed by atoms with Crippen molar-refractivity contribution >= 4 is 22.4 Å². The summed E-state index contributed by atoms with van der Waals surface area (Å²) in [5, 5.41) is 10.1. The van der Waals surface area contributed by atoms with Gasteiger partial charge in [-0.3, -0.25) is 4.79 Å². The Labute approximate surface area is 140 Å². The molecule has 0 spiro atoms. The normalized spacial score (nSPS) is 10.6. The summed E-state index contributed by atoms with van der Waals surface area (Å²) in [6, 6.07) is 5.81. The molecule has 0 saturated heterocycles. The van der Waals surface area contributed by atoms with Crippen LogP contribution < -0.4 is 9.64 Å². The van der Waals surface area contributed by atoms with E-state index in [1.165, 1.54) is 11.3 Å². The average Bonchev–Trinajstić information content (AvgIpc) is 2.91. The first-order valence-electron chi connectivity index (χ1n) is 7.61. The molecule has 0 amide bonds. The van der Waals surface area contributed by atoms with E-state index >= 15 is 0 Å². The van der Waals surface area contributed by atoms with Gasteiger partial charge in [0.25, 0.3) is 0 Å². The van der Waals surface area contributed by atoms with Crippen molar-refractivity contribution in [3.63, 3.8) is 0 Å². The van der Waals surface area contributed by atoms with Gasteiger partial charge in [-0.15, -0.1) is 11.3 Å². The molecule has 1 N–H and O–H groups in total. The van der Waals surface area contributed by atoms with Crippen molar-refractivity contribution in [3.8, 4) is 17.0 Å². The van der Waals surface area contributed by atoms with Crippen LogP contribution in [0, 0.1) is 6.92 Å². The number of carboxylic acid groups (broad SMARTS) is 1. The Morgan fingerprint density at radius 2 is 2.04 bits per heavy atom. The van der Waals surface area contributed by atoms with Gasteiger partial charge in [0.1, 0.15) is 5.75 Å². The van der Waals surface area contributed by atoms with Gasteiger partial charge in [-0.1, -0.05) is 0 Å². The first-order valence-corrected chi connectivity index (χ1v) is 8.43. The molecular formula is C17H22N2O3S. The van der Waals surface area contributed by atoms with Gasteiger partial charge < -0.3 is 14.7 Å². The number of aromatic nitrogens is 1. The summed E-state index contributed by atoms with van der Waals surface area (Å²) in [7, 11) is 1.64. The maximum atomic E-state index is 11.2. The number of nitrogens with zero attached hydrogens (tertiary/aromatic N) is 2. The molecule has 2 rings (SSSR count). The lowest BCUT2D eigenvalue weighted by molar-refractivity contribution is -0.136. The maximum Gasteiger partial charge on any atom is 0.308 e. The van der Waals surface area contributed by atoms with E-state index in [9.17, 15) is 9.90 Å². The molecule has 0 atom stereocenters. The fourth-order valence-corrected chi connectivity index (χ4v) is 3.68. The van der Waals surface area contributed by atoms with Crippen LogP contribution in [0.1, 0.15) is 24.3 Å². The molecule has 1 aromatic heterocycles. The maximum absolute atomic E-state index is 11.2. The van der Waals surface area contributed by atoms with Gasteiger partial charge in [-0.05, 0) is 44.5 Å². The molecule has 0 unspecified atom stereocenters. The highest BCUT2D eigenvalue weighted by molar-refractivity contribution is 7.16. The second-order valence-corrected chi connectivity index (χ2v) is 6.26. The number of hydrogen-bond donors (Lipinski definition) is 1. The van der Waals surface area contributed by atoms with E-state index in [0.717, 1.165) is 45.7 Å². The van der Waals surface area contributed by atoms with Gasteiger partial charge in [0.05, 0.1) is 19.2 Å². The lowest BCUT2D eigenvalue weighted by Gasteiger charge is -2.16. The highest BCUT2D eigenvalue weighted by atomic mass is 32.1. The summed E-state index contributed by atoms with van der Waals surface area (Å²) in [4.78, 5) is 18.8. The third kappa shape index (κ3) is 3.82. The third-order valence-corrected chi connectivity index (χ3v) is 4.82. The molecule has 0 saturated carbocycles. The number of aliphatic carboxylic acids is 1. The van der Waals surface area contributed by atoms with Crippen LogP contribution in [0.2, 0.25) is 0 Å². The summed E-state index contributed by atoms with van der Waals surface area (Å²) in [6.07, 6.45) is -0.0145. The van der Waals surface area contributed by atoms with E-state index in [1.54, 1.807) is 7.11 Å². The highest BCUT2D eigenvalue weighted by Crippen LogP contribution is 2.35. The first kappa shape index (κ1) is 17.3. The number of carboxylic acids is 1. The molecule has 5 nitrogen and oxygen atoms in total. The van der Waals surface area contributed by atoms with E-state index in [2.05, 4.69) is 18.7 Å². The second kappa shape index (κ2) is 7.46. The number of aryl methyl sites for hydroxylation is 1. The molecule has 0 aliphatic heterocycles. The van der Waals surface area contributed by atoms with Crippen LogP contribution in [-0.4, -0.2) is 36.3 Å². The zero-order chi connectivity index (χ0) is 17.0. The van der Waals surface area contributed by atoms with Crippen LogP contribution in [0.15, 0.2) is 18.2 Å². The number of anilines is 1. The van der Waals surface area contributed by atoms with E-state index in [1.807, 2.05) is 25.1 Å². The zero-order valence-corrected chi connectivity index (χ0v) is 14.7. The molecule has 1 heterocycles. The molecule has 0 radical (unpaired) electrons. The van der Waals surface area contributed by atoms with Crippen molar-refractivity contribution in [2.24, 2.45) is 0 Å². The lowest BCUT2D eigenvalue weighted by atomic mass is 10.1. The largest absolute Gasteiger partial charge is 0.496 e. The average molecular weight is 334 g/mol. The number of hydrogen-bond acceptors (Lipinski definition) is 5. The van der Waals surface area contributed by atoms with Gasteiger partial charge >= 0.3 is 5.97 Å². The van der Waals surface area contributed by atoms with E-state index in [0.29, 0.717) is 0 Å². The Morgan fingerprint density at radius 3 is 2.57 bits per heavy atom. The summed E-state index contributed by atoms with van der Waals surface area (Å²) in [5.41, 5.74) is 2.68. The number of carbonyl (C=O) groups is 1. The molecule has 6 heteroatoms. The molecule has 0 aliphatic rings. The number of thiazole rings is 1. The van der Waals surface area contributed by atoms with Gasteiger partial charge in [0, 0.05) is 23.5 Å². The number of ether oxygens (including phenoxy) is 1. The van der Waals surface area contributed by atoms with Crippen molar-refractivity contribution in [1.29, 1.82) is 0 Å². The highest BCUT2D eigenvalue weighted by Gasteiger charge is 2.18. The smallest absolute Gasteiger partial charge is 0.308 e. The van der Waals surface area contributed by atoms with Crippen molar-refractivity contribution < 1.29 is 14.6 Å². The molecular weight excluding hydrogens is 312 g/mol. The number of rotatable bonds is 7. The molecule has 0 aliphatic carbocycles. The Kier molecular flexibility index (Phi) is 5.60. The van der Waals surface area contributed by atoms with Crippen LogP contribution in [-0.2, 0) is 11.2 Å². The Balaban J connectivity index is 2.50. The first-order chi connectivity index (χ1) is 11.0. The van der Waals surface area contributed by atoms with Gasteiger partial charge in [0.2, 0.25) is 0 Å². The fourth-order valence-electron chi connectivity index (χ4n) is 2.48. The van der Waals surface area contributed by atoms with Crippen molar-refractivity contribution in [2.75, 3.05) is 25.1 Å². The lowest BCUT2D eigenvalue weighted by Crippen LogP contribution is -2.21. The van der Waals surface area contributed by atoms with Gasteiger partial charge in [-0.2, -0.15) is 0 Å².